The summed E-state index contributed by atoms with van der Waals surface area (Å²) in [5, 5.41) is 5.06. The van der Waals surface area contributed by atoms with Crippen LogP contribution >= 0.6 is 23.2 Å². The molecule has 0 aliphatic heterocycles. The van der Waals surface area contributed by atoms with Gasteiger partial charge in [-0.1, -0.05) is 55.3 Å². The number of hydrogen-bond donors (Lipinski definition) is 1. The lowest BCUT2D eigenvalue weighted by Gasteiger charge is -2.31. The van der Waals surface area contributed by atoms with Gasteiger partial charge in [0.05, 0.1) is 0 Å². The van der Waals surface area contributed by atoms with Crippen molar-refractivity contribution in [3.63, 3.8) is 0 Å². The minimum Gasteiger partial charge on any atom is -0.316 e. The average molecular weight is 298 g/mol. The highest BCUT2D eigenvalue weighted by atomic mass is 35.5. The molecule has 0 heterocycles. The monoisotopic (exact) mass is 297 g/mol. The molecule has 0 atom stereocenters. The fraction of sp³-hybridized carbons (Fsp3) is 0.500. The van der Waals surface area contributed by atoms with Crippen molar-refractivity contribution in [2.24, 2.45) is 5.92 Å². The van der Waals surface area contributed by atoms with Gasteiger partial charge in [-0.15, -0.1) is 0 Å². The molecule has 0 amide bonds. The van der Waals surface area contributed by atoms with Crippen molar-refractivity contribution in [3.05, 3.63) is 46.0 Å². The third kappa shape index (κ3) is 3.53. The third-order valence-electron chi connectivity index (χ3n) is 3.70. The summed E-state index contributed by atoms with van der Waals surface area (Å²) in [6.45, 7) is 6.44. The Morgan fingerprint density at radius 3 is 2.47 bits per heavy atom. The fourth-order valence-electron chi connectivity index (χ4n) is 2.68. The zero-order valence-corrected chi connectivity index (χ0v) is 13.1. The minimum atomic E-state index is 0.0938. The van der Waals surface area contributed by atoms with Crippen molar-refractivity contribution >= 4 is 23.2 Å². The number of rotatable bonds is 5. The van der Waals surface area contributed by atoms with E-state index in [9.17, 15) is 0 Å². The molecule has 19 heavy (non-hydrogen) atoms. The predicted octanol–water partition coefficient (Wildman–Crippen LogP) is 4.83. The molecule has 1 aromatic rings. The van der Waals surface area contributed by atoms with Gasteiger partial charge in [0.2, 0.25) is 0 Å². The molecule has 104 valence electrons. The van der Waals surface area contributed by atoms with Gasteiger partial charge in [-0.05, 0) is 43.0 Å². The van der Waals surface area contributed by atoms with E-state index in [2.05, 4.69) is 37.4 Å². The van der Waals surface area contributed by atoms with Gasteiger partial charge in [0.1, 0.15) is 0 Å². The van der Waals surface area contributed by atoms with Crippen molar-refractivity contribution in [2.45, 2.75) is 32.1 Å². The van der Waals surface area contributed by atoms with Gasteiger partial charge in [-0.3, -0.25) is 0 Å². The van der Waals surface area contributed by atoms with Crippen molar-refractivity contribution in [3.8, 4) is 0 Å². The molecule has 0 saturated carbocycles. The lowest BCUT2D eigenvalue weighted by molar-refractivity contribution is 0.402. The highest BCUT2D eigenvalue weighted by Gasteiger charge is 2.34. The molecular formula is C16H21Cl2N. The molecule has 3 heteroatoms. The minimum absolute atomic E-state index is 0.0938. The van der Waals surface area contributed by atoms with Crippen LogP contribution in [0.5, 0.6) is 0 Å². The Labute approximate surface area is 126 Å². The SMILES string of the molecule is CC(C)CNCC1(c2ccc(Cl)cc2Cl)CC=CC1. The van der Waals surface area contributed by atoms with Crippen LogP contribution in [0.4, 0.5) is 0 Å². The molecule has 0 saturated heterocycles. The second-order valence-corrected chi connectivity index (χ2v) is 6.65. The molecule has 0 bridgehead atoms. The topological polar surface area (TPSA) is 12.0 Å². The maximum atomic E-state index is 6.40. The lowest BCUT2D eigenvalue weighted by Crippen LogP contribution is -2.38. The zero-order chi connectivity index (χ0) is 13.9. The molecule has 0 fully saturated rings. The summed E-state index contributed by atoms with van der Waals surface area (Å²) < 4.78 is 0. The molecule has 1 aromatic carbocycles. The molecular weight excluding hydrogens is 277 g/mol. The van der Waals surface area contributed by atoms with Crippen LogP contribution in [0.1, 0.15) is 32.3 Å². The van der Waals surface area contributed by atoms with E-state index in [1.54, 1.807) is 0 Å². The van der Waals surface area contributed by atoms with Gasteiger partial charge in [-0.25, -0.2) is 0 Å². The van der Waals surface area contributed by atoms with Crippen LogP contribution in [0, 0.1) is 5.92 Å². The summed E-state index contributed by atoms with van der Waals surface area (Å²) in [6.07, 6.45) is 6.59. The Balaban J connectivity index is 2.19. The Bertz CT molecular complexity index is 458. The second-order valence-electron chi connectivity index (χ2n) is 5.81. The third-order valence-corrected chi connectivity index (χ3v) is 4.25. The maximum absolute atomic E-state index is 6.40. The van der Waals surface area contributed by atoms with E-state index >= 15 is 0 Å². The smallest absolute Gasteiger partial charge is 0.0459 e. The molecule has 2 rings (SSSR count). The number of nitrogens with one attached hydrogen (secondary N) is 1. The van der Waals surface area contributed by atoms with Crippen LogP contribution in [-0.2, 0) is 5.41 Å². The molecule has 1 N–H and O–H groups in total. The van der Waals surface area contributed by atoms with E-state index < -0.39 is 0 Å². The highest BCUT2D eigenvalue weighted by Crippen LogP contribution is 2.40. The molecule has 0 unspecified atom stereocenters. The molecule has 0 aromatic heterocycles. The Morgan fingerprint density at radius 2 is 1.89 bits per heavy atom. The van der Waals surface area contributed by atoms with Crippen LogP contribution in [-0.4, -0.2) is 13.1 Å². The van der Waals surface area contributed by atoms with Gasteiger partial charge < -0.3 is 5.32 Å². The molecule has 1 nitrogen and oxygen atoms in total. The van der Waals surface area contributed by atoms with Crippen LogP contribution in [0.2, 0.25) is 10.0 Å². The number of allylic oxidation sites excluding steroid dienone is 2. The van der Waals surface area contributed by atoms with Crippen LogP contribution in [0.3, 0.4) is 0 Å². The first-order valence-corrected chi connectivity index (χ1v) is 7.60. The average Bonchev–Trinajstić information content (AvgIpc) is 2.78. The first-order chi connectivity index (χ1) is 9.03. The van der Waals surface area contributed by atoms with E-state index in [0.717, 1.165) is 31.0 Å². The molecule has 1 aliphatic carbocycles. The second kappa shape index (κ2) is 6.30. The number of hydrogen-bond acceptors (Lipinski definition) is 1. The van der Waals surface area contributed by atoms with Crippen molar-refractivity contribution < 1.29 is 0 Å². The molecule has 0 spiro atoms. The van der Waals surface area contributed by atoms with E-state index in [1.165, 1.54) is 5.56 Å². The summed E-state index contributed by atoms with van der Waals surface area (Å²) >= 11 is 12.4. The van der Waals surface area contributed by atoms with Gasteiger partial charge in [0, 0.05) is 22.0 Å². The van der Waals surface area contributed by atoms with E-state index in [-0.39, 0.29) is 5.41 Å². The Hall–Kier alpha value is -0.500. The normalized spacial score (nSPS) is 17.3. The van der Waals surface area contributed by atoms with Crippen LogP contribution < -0.4 is 5.32 Å². The first-order valence-electron chi connectivity index (χ1n) is 6.85. The Morgan fingerprint density at radius 1 is 1.21 bits per heavy atom. The molecule has 1 aliphatic rings. The largest absolute Gasteiger partial charge is 0.316 e. The van der Waals surface area contributed by atoms with Gasteiger partial charge in [0.15, 0.2) is 0 Å². The molecule has 0 radical (unpaired) electrons. The number of halogens is 2. The van der Waals surface area contributed by atoms with Gasteiger partial charge in [-0.2, -0.15) is 0 Å². The summed E-state index contributed by atoms with van der Waals surface area (Å²) in [5.41, 5.74) is 1.30. The van der Waals surface area contributed by atoms with Crippen molar-refractivity contribution in [1.82, 2.24) is 5.32 Å². The highest BCUT2D eigenvalue weighted by molar-refractivity contribution is 6.35. The van der Waals surface area contributed by atoms with Crippen LogP contribution in [0.15, 0.2) is 30.4 Å². The van der Waals surface area contributed by atoms with E-state index in [4.69, 9.17) is 23.2 Å². The van der Waals surface area contributed by atoms with E-state index in [0.29, 0.717) is 10.9 Å². The van der Waals surface area contributed by atoms with Crippen molar-refractivity contribution in [2.75, 3.05) is 13.1 Å². The fourth-order valence-corrected chi connectivity index (χ4v) is 3.29. The van der Waals surface area contributed by atoms with Crippen LogP contribution in [0.25, 0.3) is 0 Å². The maximum Gasteiger partial charge on any atom is 0.0459 e. The lowest BCUT2D eigenvalue weighted by atomic mass is 9.78. The number of benzene rings is 1. The zero-order valence-electron chi connectivity index (χ0n) is 11.5. The van der Waals surface area contributed by atoms with Gasteiger partial charge >= 0.3 is 0 Å². The van der Waals surface area contributed by atoms with Crippen molar-refractivity contribution in [1.29, 1.82) is 0 Å². The predicted molar refractivity (Wildman–Crippen MR) is 84.2 cm³/mol. The summed E-state index contributed by atoms with van der Waals surface area (Å²) in [4.78, 5) is 0. The quantitative estimate of drug-likeness (QED) is 0.768. The summed E-state index contributed by atoms with van der Waals surface area (Å²) in [7, 11) is 0. The van der Waals surface area contributed by atoms with E-state index in [1.807, 2.05) is 12.1 Å². The Kier molecular flexibility index (Phi) is 4.94. The standard InChI is InChI=1S/C16H21Cl2N/c1-12(2)10-19-11-16(7-3-4-8-16)14-6-5-13(17)9-15(14)18/h3-6,9,12,19H,7-8,10-11H2,1-2H3. The first kappa shape index (κ1) is 14.9. The summed E-state index contributed by atoms with van der Waals surface area (Å²) in [6, 6.07) is 5.86. The van der Waals surface area contributed by atoms with Gasteiger partial charge in [0.25, 0.3) is 0 Å². The summed E-state index contributed by atoms with van der Waals surface area (Å²) in [5.74, 6) is 0.659.